The van der Waals surface area contributed by atoms with Gasteiger partial charge in [-0.1, -0.05) is 30.3 Å². The molecule has 0 aromatic heterocycles. The second-order valence-electron chi connectivity index (χ2n) is 26.6. The van der Waals surface area contributed by atoms with E-state index in [2.05, 4.69) is 28.2 Å². The van der Waals surface area contributed by atoms with E-state index in [0.717, 1.165) is 0 Å². The van der Waals surface area contributed by atoms with Gasteiger partial charge in [0.15, 0.2) is 18.9 Å². The van der Waals surface area contributed by atoms with Crippen molar-refractivity contribution in [2.45, 2.75) is 145 Å². The SMILES string of the molecule is CC(=O)NC1[C@H](OCCOCCOCCOP(O)(=S)OCCCOCC(COCCCOP(O)(=S)OCCOCCOCCO[C@@H]2OC(CO)[C@@H](O)[C@H](O)C2NC(C)=O)(COCCCOP(O)(=S)OC(=O)OCc2ccccc2)COCCCO[P+](O)(S)OCCOCCOCCO[C@@H]2OC(CO)[C@H](O)[C@H](O)C2NC(C)=O)OC(CO)[C@@H](O)[C@@H]1O. The Morgan fingerprint density at radius 3 is 1.03 bits per heavy atom. The summed E-state index contributed by atoms with van der Waals surface area (Å²) in [7, 11) is -3.66. The highest BCUT2D eigenvalue weighted by molar-refractivity contribution is 8.47. The van der Waals surface area contributed by atoms with Gasteiger partial charge in [0, 0.05) is 59.0 Å². The van der Waals surface area contributed by atoms with Gasteiger partial charge >= 0.3 is 33.5 Å². The lowest BCUT2D eigenvalue weighted by molar-refractivity contribution is -0.272. The van der Waals surface area contributed by atoms with Crippen molar-refractivity contribution in [1.29, 1.82) is 0 Å². The van der Waals surface area contributed by atoms with Crippen LogP contribution in [0.4, 0.5) is 4.79 Å². The number of thiol groups is 1. The number of carbonyl (C=O) groups excluding carboxylic acids is 4. The fourth-order valence-electron chi connectivity index (χ4n) is 10.9. The van der Waals surface area contributed by atoms with Crippen LogP contribution in [0.5, 0.6) is 0 Å². The second-order valence-corrected chi connectivity index (χ2v) is 38.0. The van der Waals surface area contributed by atoms with Crippen molar-refractivity contribution in [2.75, 3.05) is 218 Å². The van der Waals surface area contributed by atoms with Gasteiger partial charge in [0.25, 0.3) is 0 Å². The Bertz CT molecular complexity index is 2980. The number of benzene rings is 1. The Morgan fingerprint density at radius 1 is 0.408 bits per heavy atom. The number of hydrogen-bond donors (Lipinski definition) is 17. The number of ether oxygens (including phenoxy) is 17. The van der Waals surface area contributed by atoms with Crippen molar-refractivity contribution in [3.63, 3.8) is 0 Å². The molecule has 53 heteroatoms. The van der Waals surface area contributed by atoms with E-state index in [4.69, 9.17) is 152 Å². The van der Waals surface area contributed by atoms with Crippen LogP contribution in [-0.4, -0.2) is 399 Å². The van der Waals surface area contributed by atoms with Crippen molar-refractivity contribution in [1.82, 2.24) is 16.0 Å². The smallest absolute Gasteiger partial charge is 0.429 e. The van der Waals surface area contributed by atoms with Crippen molar-refractivity contribution in [3.05, 3.63) is 35.9 Å². The van der Waals surface area contributed by atoms with E-state index in [0.29, 0.717) is 5.56 Å². The monoisotopic (exact) mass is 1890 g/mol. The number of hydrogen-bond acceptors (Lipinski definition) is 43. The molecule has 0 bridgehead atoms. The van der Waals surface area contributed by atoms with Crippen LogP contribution in [0.3, 0.4) is 0 Å². The molecular weight excluding hydrogens is 1770 g/mol. The van der Waals surface area contributed by atoms with Gasteiger partial charge in [0.05, 0.1) is 196 Å². The molecule has 45 nitrogen and oxygen atoms in total. The maximum Gasteiger partial charge on any atom is 0.515 e. The van der Waals surface area contributed by atoms with Gasteiger partial charge in [0.1, 0.15) is 92.9 Å². The molecule has 120 heavy (non-hydrogen) atoms. The molecule has 19 atom stereocenters. The van der Waals surface area contributed by atoms with Crippen molar-refractivity contribution < 1.29 is 201 Å². The summed E-state index contributed by atoms with van der Waals surface area (Å²) >= 11 is 19.7. The minimum absolute atomic E-state index is 0.00476. The molecule has 4 rings (SSSR count). The summed E-state index contributed by atoms with van der Waals surface area (Å²) < 4.78 is 140. The highest BCUT2D eigenvalue weighted by Gasteiger charge is 2.48. The van der Waals surface area contributed by atoms with Gasteiger partial charge in [0.2, 0.25) is 17.7 Å². The van der Waals surface area contributed by atoms with Gasteiger partial charge in [-0.05, 0) is 54.9 Å². The Labute approximate surface area is 717 Å². The van der Waals surface area contributed by atoms with Crippen molar-refractivity contribution in [3.8, 4) is 0 Å². The molecule has 3 aliphatic heterocycles. The van der Waals surface area contributed by atoms with E-state index in [1.165, 1.54) is 20.8 Å². The lowest BCUT2D eigenvalue weighted by Gasteiger charge is -2.42. The molecule has 3 aliphatic rings. The number of aliphatic hydroxyl groups is 9. The van der Waals surface area contributed by atoms with Crippen LogP contribution in [0.15, 0.2) is 30.3 Å². The molecule has 0 radical (unpaired) electrons. The minimum Gasteiger partial charge on any atom is -0.429 e. The normalized spacial score (nSPS) is 25.9. The van der Waals surface area contributed by atoms with Crippen molar-refractivity contribution >= 4 is 98.8 Å². The minimum atomic E-state index is -4.11. The van der Waals surface area contributed by atoms with Crippen LogP contribution in [0, 0.1) is 5.41 Å². The van der Waals surface area contributed by atoms with E-state index < -0.39 is 168 Å². The highest BCUT2D eigenvalue weighted by Crippen LogP contribution is 2.61. The molecular formula is C67H122N3O42P4S4+. The zero-order chi connectivity index (χ0) is 88.3. The molecule has 3 amide bonds. The first kappa shape index (κ1) is 111. The first-order chi connectivity index (χ1) is 57.3. The Kier molecular flexibility index (Phi) is 57.5. The Hall–Kier alpha value is -1.81. The molecule has 700 valence electrons. The first-order valence-corrected chi connectivity index (χ1v) is 48.8. The predicted molar refractivity (Wildman–Crippen MR) is 430 cm³/mol. The van der Waals surface area contributed by atoms with Crippen LogP contribution >= 0.6 is 39.5 Å². The quantitative estimate of drug-likeness (QED) is 0.0137. The van der Waals surface area contributed by atoms with Crippen molar-refractivity contribution in [2.24, 2.45) is 5.41 Å². The predicted octanol–water partition coefficient (Wildman–Crippen LogP) is -2.70. The molecule has 3 saturated heterocycles. The van der Waals surface area contributed by atoms with E-state index in [-0.39, 0.29) is 230 Å². The maximum absolute atomic E-state index is 12.4. The Balaban J connectivity index is 1.28. The van der Waals surface area contributed by atoms with Crippen LogP contribution < -0.4 is 16.0 Å². The molecule has 3 heterocycles. The lowest BCUT2D eigenvalue weighted by Crippen LogP contribution is -2.64. The molecule has 3 fully saturated rings. The molecule has 1 aromatic rings. The summed E-state index contributed by atoms with van der Waals surface area (Å²) in [6, 6.07) is 5.38. The topological polar surface area (TPSA) is 598 Å². The summed E-state index contributed by atoms with van der Waals surface area (Å²) in [5.74, 6) is -1.51. The van der Waals surface area contributed by atoms with Gasteiger partial charge in [-0.25, -0.2) is 4.79 Å². The Morgan fingerprint density at radius 2 is 0.700 bits per heavy atom. The average Bonchev–Trinajstić information content (AvgIpc) is 0.816. The summed E-state index contributed by atoms with van der Waals surface area (Å²) in [5.41, 5.74) is -0.454. The largest absolute Gasteiger partial charge is 0.515 e. The number of nitrogens with one attached hydrogen (secondary N) is 3. The van der Waals surface area contributed by atoms with Crippen LogP contribution in [-0.2, 0) is 173 Å². The zero-order valence-corrected chi connectivity index (χ0v) is 74.0. The van der Waals surface area contributed by atoms with Crippen LogP contribution in [0.2, 0.25) is 0 Å². The van der Waals surface area contributed by atoms with E-state index in [9.17, 15) is 84.7 Å². The zero-order valence-electron chi connectivity index (χ0n) is 67.0. The van der Waals surface area contributed by atoms with E-state index >= 15 is 0 Å². The molecule has 0 spiro atoms. The highest BCUT2D eigenvalue weighted by atomic mass is 32.7. The molecule has 0 saturated carbocycles. The van der Waals surface area contributed by atoms with E-state index in [1.807, 2.05) is 0 Å². The maximum atomic E-state index is 12.4. The fourth-order valence-corrected chi connectivity index (χ4v) is 15.5. The third-order valence-electron chi connectivity index (χ3n) is 16.6. The summed E-state index contributed by atoms with van der Waals surface area (Å²) in [4.78, 5) is 90.6. The number of aliphatic hydroxyl groups excluding tert-OH is 9. The molecule has 0 aliphatic carbocycles. The number of rotatable bonds is 70. The van der Waals surface area contributed by atoms with Gasteiger partial charge in [-0.2, -0.15) is 13.9 Å². The van der Waals surface area contributed by atoms with Gasteiger partial charge in [-0.3, -0.25) is 18.9 Å². The number of carbonyl (C=O) groups is 4. The molecule has 16 N–H and O–H groups in total. The van der Waals surface area contributed by atoms with Crippen LogP contribution in [0.25, 0.3) is 0 Å². The standard InChI is InChI=1S/C67H121N3O42P4S4/c1-47(74)68-54-60(80)57(77)51(39-71)109-63(54)98-33-27-88-21-24-91-30-36-106-113(84,117)102-17-7-13-94-43-67(46-97-16-10-20-105-116(87,120)112-66(83)101-42-50-11-5-4-6-12-50,44-95-14-8-18-103-114(85,118)107-37-31-92-25-22-89-28-34-99-64-55(69-48(2)75)61(81)58(78)52(40-72)110-64)45-96-15-9-19-104-115(86,119)108-38-32-93-26-23-90-29-35-100-65-56(70-49(3)76)62(82)59(79)53(41-73)111-65/h4-6,11-12,51-65,71-73,77-82,84,117H,7-10,13-46H2,1-3H3,(H5-,68,69,70,74,75,76,85,86,87,118,119,120)/p+1/t51?,52?,53?,54?,55?,56?,57-,58+,59+,60+,61+,62+,63+,64+,65+,67?,113?,114?,115?,116?/m0/s1. The van der Waals surface area contributed by atoms with Gasteiger partial charge in [-0.15, -0.1) is 0 Å². The van der Waals surface area contributed by atoms with Crippen LogP contribution in [0.1, 0.15) is 52.0 Å². The first-order valence-electron chi connectivity index (χ1n) is 38.3. The number of amides is 3. The second kappa shape index (κ2) is 62.4. The van der Waals surface area contributed by atoms with E-state index in [1.54, 1.807) is 30.3 Å². The summed E-state index contributed by atoms with van der Waals surface area (Å²) in [5, 5.41) is 98.2. The third-order valence-corrected chi connectivity index (χ3v) is 23.1. The summed E-state index contributed by atoms with van der Waals surface area (Å²) in [6.45, 7) is -10.5. The van der Waals surface area contributed by atoms with Gasteiger partial charge < -0.3 is 180 Å². The third kappa shape index (κ3) is 47.5. The molecule has 10 unspecified atom stereocenters. The average molecular weight is 1890 g/mol. The fraction of sp³-hybridized carbons (Fsp3) is 0.851. The molecule has 1 aromatic carbocycles. The lowest BCUT2D eigenvalue weighted by atomic mass is 9.92. The summed E-state index contributed by atoms with van der Waals surface area (Å²) in [6.07, 6.45) is -16.4.